The highest BCUT2D eigenvalue weighted by Gasteiger charge is 2.19. The van der Waals surface area contributed by atoms with Gasteiger partial charge in [0.1, 0.15) is 0 Å². The monoisotopic (exact) mass is 205 g/mol. The van der Waals surface area contributed by atoms with Gasteiger partial charge in [0.05, 0.1) is 13.0 Å². The Bertz CT molecular complexity index is 194. The molecule has 13 heavy (non-hydrogen) atoms. The third-order valence-corrected chi connectivity index (χ3v) is 2.07. The van der Waals surface area contributed by atoms with Gasteiger partial charge < -0.3 is 10.1 Å². The first kappa shape index (κ1) is 12.5. The van der Waals surface area contributed by atoms with Crippen molar-refractivity contribution in [2.24, 2.45) is 5.92 Å². The van der Waals surface area contributed by atoms with Crippen molar-refractivity contribution < 1.29 is 9.53 Å². The normalized spacial score (nSPS) is 14.8. The molecule has 0 radical (unpaired) electrons. The molecule has 1 N–H and O–H groups in total. The van der Waals surface area contributed by atoms with Gasteiger partial charge in [-0.1, -0.05) is 25.1 Å². The molecule has 0 aliphatic carbocycles. The fourth-order valence-electron chi connectivity index (χ4n) is 0.839. The van der Waals surface area contributed by atoms with Gasteiger partial charge in [-0.05, 0) is 6.92 Å². The lowest BCUT2D eigenvalue weighted by molar-refractivity contribution is -0.145. The summed E-state index contributed by atoms with van der Waals surface area (Å²) in [5.74, 6) is -0.402. The Labute approximate surface area is 84.1 Å². The lowest BCUT2D eigenvalue weighted by Gasteiger charge is -2.18. The van der Waals surface area contributed by atoms with Crippen molar-refractivity contribution in [1.29, 1.82) is 0 Å². The highest BCUT2D eigenvalue weighted by molar-refractivity contribution is 6.29. The van der Waals surface area contributed by atoms with E-state index in [0.717, 1.165) is 0 Å². The summed E-state index contributed by atoms with van der Waals surface area (Å²) in [7, 11) is 1.38. The van der Waals surface area contributed by atoms with E-state index < -0.39 is 0 Å². The molecule has 0 saturated carbocycles. The van der Waals surface area contributed by atoms with Gasteiger partial charge in [0, 0.05) is 17.6 Å². The molecule has 0 saturated heterocycles. The number of hydrogen-bond acceptors (Lipinski definition) is 3. The minimum absolute atomic E-state index is 0.0305. The number of carbonyl (C=O) groups is 1. The molecule has 0 fully saturated rings. The fourth-order valence-corrected chi connectivity index (χ4v) is 0.916. The SMILES string of the molecule is C=C(Cl)CNC(C)C(C)C(=O)OC. The summed E-state index contributed by atoms with van der Waals surface area (Å²) in [5, 5.41) is 3.60. The van der Waals surface area contributed by atoms with Gasteiger partial charge in [0.25, 0.3) is 0 Å². The van der Waals surface area contributed by atoms with Crippen LogP contribution >= 0.6 is 11.6 Å². The number of carbonyl (C=O) groups excluding carboxylic acids is 1. The first-order chi connectivity index (χ1) is 5.99. The topological polar surface area (TPSA) is 38.3 Å². The predicted molar refractivity (Wildman–Crippen MR) is 53.6 cm³/mol. The van der Waals surface area contributed by atoms with Crippen LogP contribution in [-0.2, 0) is 9.53 Å². The summed E-state index contributed by atoms with van der Waals surface area (Å²) in [4.78, 5) is 11.1. The van der Waals surface area contributed by atoms with E-state index in [0.29, 0.717) is 11.6 Å². The highest BCUT2D eigenvalue weighted by atomic mass is 35.5. The molecule has 0 rings (SSSR count). The Morgan fingerprint density at radius 2 is 2.15 bits per heavy atom. The summed E-state index contributed by atoms with van der Waals surface area (Å²) in [6, 6.07) is 0.0305. The van der Waals surface area contributed by atoms with E-state index in [1.165, 1.54) is 7.11 Å². The molecule has 0 aromatic heterocycles. The second-order valence-electron chi connectivity index (χ2n) is 3.00. The molecule has 2 unspecified atom stereocenters. The summed E-state index contributed by atoms with van der Waals surface area (Å²) in [5.41, 5.74) is 0. The average molecular weight is 206 g/mol. The lowest BCUT2D eigenvalue weighted by Crippen LogP contribution is -2.37. The van der Waals surface area contributed by atoms with Crippen LogP contribution in [0.4, 0.5) is 0 Å². The maximum absolute atomic E-state index is 11.1. The van der Waals surface area contributed by atoms with E-state index in [2.05, 4.69) is 16.6 Å². The van der Waals surface area contributed by atoms with Crippen LogP contribution in [0.15, 0.2) is 11.6 Å². The van der Waals surface area contributed by atoms with Crippen LogP contribution in [0.5, 0.6) is 0 Å². The molecule has 4 heteroatoms. The van der Waals surface area contributed by atoms with Gasteiger partial charge in [0.15, 0.2) is 0 Å². The largest absolute Gasteiger partial charge is 0.469 e. The number of methoxy groups -OCH3 is 1. The van der Waals surface area contributed by atoms with Crippen LogP contribution in [0.2, 0.25) is 0 Å². The second-order valence-corrected chi connectivity index (χ2v) is 3.53. The predicted octanol–water partition coefficient (Wildman–Crippen LogP) is 1.53. The van der Waals surface area contributed by atoms with Crippen molar-refractivity contribution in [3.63, 3.8) is 0 Å². The minimum Gasteiger partial charge on any atom is -0.469 e. The fraction of sp³-hybridized carbons (Fsp3) is 0.667. The van der Waals surface area contributed by atoms with Gasteiger partial charge in [0.2, 0.25) is 0 Å². The van der Waals surface area contributed by atoms with Crippen molar-refractivity contribution in [3.8, 4) is 0 Å². The molecule has 0 bridgehead atoms. The Balaban J connectivity index is 3.88. The van der Waals surface area contributed by atoms with E-state index in [1.54, 1.807) is 6.92 Å². The van der Waals surface area contributed by atoms with Crippen molar-refractivity contribution in [2.75, 3.05) is 13.7 Å². The average Bonchev–Trinajstić information content (AvgIpc) is 2.11. The molecule has 0 spiro atoms. The number of ether oxygens (including phenoxy) is 1. The van der Waals surface area contributed by atoms with Crippen LogP contribution in [0, 0.1) is 5.92 Å². The highest BCUT2D eigenvalue weighted by Crippen LogP contribution is 2.05. The van der Waals surface area contributed by atoms with Crippen LogP contribution in [0.25, 0.3) is 0 Å². The zero-order valence-electron chi connectivity index (χ0n) is 8.26. The summed E-state index contributed by atoms with van der Waals surface area (Å²) >= 11 is 5.57. The van der Waals surface area contributed by atoms with Gasteiger partial charge in [-0.15, -0.1) is 0 Å². The molecule has 0 heterocycles. The summed E-state index contributed by atoms with van der Waals surface area (Å²) in [6.45, 7) is 7.75. The number of nitrogens with one attached hydrogen (secondary N) is 1. The summed E-state index contributed by atoms with van der Waals surface area (Å²) < 4.78 is 4.61. The van der Waals surface area contributed by atoms with E-state index in [4.69, 9.17) is 11.6 Å². The van der Waals surface area contributed by atoms with Crippen LogP contribution < -0.4 is 5.32 Å². The van der Waals surface area contributed by atoms with E-state index in [-0.39, 0.29) is 17.9 Å². The molecule has 0 amide bonds. The number of esters is 1. The summed E-state index contributed by atoms with van der Waals surface area (Å²) in [6.07, 6.45) is 0. The maximum atomic E-state index is 11.1. The van der Waals surface area contributed by atoms with Gasteiger partial charge in [-0.3, -0.25) is 4.79 Å². The molecule has 76 valence electrons. The number of rotatable bonds is 5. The Morgan fingerprint density at radius 1 is 1.62 bits per heavy atom. The van der Waals surface area contributed by atoms with Gasteiger partial charge in [-0.25, -0.2) is 0 Å². The standard InChI is InChI=1S/C9H16ClNO2/c1-6(10)5-11-8(3)7(2)9(12)13-4/h7-8,11H,1,5H2,2-4H3. The van der Waals surface area contributed by atoms with E-state index >= 15 is 0 Å². The number of halogens is 1. The third kappa shape index (κ3) is 4.90. The van der Waals surface area contributed by atoms with Crippen molar-refractivity contribution in [2.45, 2.75) is 19.9 Å². The molecule has 0 aliphatic rings. The zero-order valence-corrected chi connectivity index (χ0v) is 9.02. The molecule has 0 aromatic rings. The first-order valence-electron chi connectivity index (χ1n) is 4.13. The molecule has 0 aliphatic heterocycles. The first-order valence-corrected chi connectivity index (χ1v) is 4.51. The lowest BCUT2D eigenvalue weighted by atomic mass is 10.0. The Hall–Kier alpha value is -0.540. The molecule has 2 atom stereocenters. The third-order valence-electron chi connectivity index (χ3n) is 1.94. The van der Waals surface area contributed by atoms with E-state index in [1.807, 2.05) is 6.92 Å². The van der Waals surface area contributed by atoms with Crippen molar-refractivity contribution in [1.82, 2.24) is 5.32 Å². The van der Waals surface area contributed by atoms with Crippen LogP contribution in [-0.4, -0.2) is 25.7 Å². The molecule has 3 nitrogen and oxygen atoms in total. The quantitative estimate of drug-likeness (QED) is 0.692. The second kappa shape index (κ2) is 6.00. The van der Waals surface area contributed by atoms with Gasteiger partial charge in [-0.2, -0.15) is 0 Å². The smallest absolute Gasteiger partial charge is 0.309 e. The van der Waals surface area contributed by atoms with Crippen LogP contribution in [0.1, 0.15) is 13.8 Å². The van der Waals surface area contributed by atoms with Gasteiger partial charge >= 0.3 is 5.97 Å². The maximum Gasteiger partial charge on any atom is 0.309 e. The van der Waals surface area contributed by atoms with Crippen LogP contribution in [0.3, 0.4) is 0 Å². The van der Waals surface area contributed by atoms with E-state index in [9.17, 15) is 4.79 Å². The zero-order chi connectivity index (χ0) is 10.4. The minimum atomic E-state index is -0.222. The molecular formula is C9H16ClNO2. The Morgan fingerprint density at radius 3 is 2.54 bits per heavy atom. The molecule has 0 aromatic carbocycles. The van der Waals surface area contributed by atoms with Crippen molar-refractivity contribution >= 4 is 17.6 Å². The molecular weight excluding hydrogens is 190 g/mol. The Kier molecular flexibility index (Phi) is 5.75. The van der Waals surface area contributed by atoms with Crippen molar-refractivity contribution in [3.05, 3.63) is 11.6 Å². The number of hydrogen-bond donors (Lipinski definition) is 1.